The second-order valence-corrected chi connectivity index (χ2v) is 12.0. The smallest absolute Gasteiger partial charge is 0.407 e. The highest BCUT2D eigenvalue weighted by Gasteiger charge is 2.61. The Bertz CT molecular complexity index is 1720. The summed E-state index contributed by atoms with van der Waals surface area (Å²) in [6, 6.07) is 15.4. The molecule has 1 saturated carbocycles. The number of aliphatic carboxylic acids is 1. The second kappa shape index (κ2) is 12.7. The molecule has 6 rings (SSSR count). The van der Waals surface area contributed by atoms with Crippen molar-refractivity contribution >= 4 is 40.9 Å². The highest BCUT2D eigenvalue weighted by molar-refractivity contribution is 5.96. The molecule has 4 bridgehead atoms. The number of amides is 3. The van der Waals surface area contributed by atoms with Gasteiger partial charge in [0.05, 0.1) is 24.4 Å². The number of hydrogen-bond donors (Lipinski definition) is 3. The maximum atomic E-state index is 13.7. The van der Waals surface area contributed by atoms with E-state index in [1.54, 1.807) is 0 Å². The minimum absolute atomic E-state index is 0.0347. The fourth-order valence-corrected chi connectivity index (χ4v) is 6.16. The third-order valence-corrected chi connectivity index (χ3v) is 8.80. The van der Waals surface area contributed by atoms with Gasteiger partial charge in [0.15, 0.2) is 0 Å². The summed E-state index contributed by atoms with van der Waals surface area (Å²) in [5.74, 6) is -2.16. The van der Waals surface area contributed by atoms with Gasteiger partial charge in [-0.1, -0.05) is 54.6 Å². The van der Waals surface area contributed by atoms with Crippen LogP contribution in [0.5, 0.6) is 5.75 Å². The first-order chi connectivity index (χ1) is 22.2. The van der Waals surface area contributed by atoms with Crippen LogP contribution in [0, 0.1) is 5.92 Å². The van der Waals surface area contributed by atoms with Crippen molar-refractivity contribution in [1.82, 2.24) is 20.5 Å². The van der Waals surface area contributed by atoms with Gasteiger partial charge in [0.1, 0.15) is 29.5 Å². The number of fused-ring (bicyclic) bond motifs is 3. The van der Waals surface area contributed by atoms with Gasteiger partial charge < -0.3 is 30.1 Å². The minimum atomic E-state index is -1.47. The normalized spacial score (nSPS) is 27.0. The van der Waals surface area contributed by atoms with Gasteiger partial charge in [0.25, 0.3) is 0 Å². The van der Waals surface area contributed by atoms with Crippen molar-refractivity contribution < 1.29 is 33.8 Å². The lowest BCUT2D eigenvalue weighted by Gasteiger charge is -2.28. The number of hydrogen-bond acceptors (Lipinski definition) is 7. The van der Waals surface area contributed by atoms with E-state index in [0.717, 1.165) is 22.0 Å². The first-order valence-electron chi connectivity index (χ1n) is 15.4. The maximum Gasteiger partial charge on any atom is 0.407 e. The van der Waals surface area contributed by atoms with Gasteiger partial charge in [-0.15, -0.1) is 6.58 Å². The average molecular weight is 625 g/mol. The molecule has 1 aromatic heterocycles. The summed E-state index contributed by atoms with van der Waals surface area (Å²) in [4.78, 5) is 58.3. The van der Waals surface area contributed by atoms with Crippen LogP contribution in [0.15, 0.2) is 73.3 Å². The molecule has 0 radical (unpaired) electrons. The number of nitrogens with zero attached hydrogens (tertiary/aromatic N) is 2. The van der Waals surface area contributed by atoms with E-state index in [4.69, 9.17) is 14.5 Å². The van der Waals surface area contributed by atoms with Crippen molar-refractivity contribution in [3.05, 3.63) is 78.9 Å². The monoisotopic (exact) mass is 624 g/mol. The number of pyridine rings is 1. The Morgan fingerprint density at radius 3 is 2.72 bits per heavy atom. The summed E-state index contributed by atoms with van der Waals surface area (Å²) < 4.78 is 11.9. The number of carboxylic acid groups (broad SMARTS) is 1. The van der Waals surface area contributed by atoms with Gasteiger partial charge in [-0.3, -0.25) is 9.59 Å². The lowest BCUT2D eigenvalue weighted by molar-refractivity contribution is -0.145. The van der Waals surface area contributed by atoms with E-state index in [-0.39, 0.29) is 26.0 Å². The number of rotatable bonds is 5. The number of carbonyl (C=O) groups excluding carboxylic acids is 3. The number of cyclic esters (lactones) is 1. The van der Waals surface area contributed by atoms with Gasteiger partial charge in [0.2, 0.25) is 11.8 Å². The van der Waals surface area contributed by atoms with Crippen LogP contribution in [0.4, 0.5) is 4.79 Å². The zero-order valence-electron chi connectivity index (χ0n) is 25.5. The van der Waals surface area contributed by atoms with E-state index < -0.39 is 53.5 Å². The molecule has 1 saturated heterocycles. The topological polar surface area (TPSA) is 147 Å². The molecule has 11 nitrogen and oxygen atoms in total. The molecule has 3 amide bonds. The molecule has 0 spiro atoms. The number of ether oxygens (including phenoxy) is 2. The molecule has 1 aliphatic carbocycles. The van der Waals surface area contributed by atoms with Gasteiger partial charge >= 0.3 is 12.1 Å². The number of allylic oxidation sites excluding steroid dienone is 1. The van der Waals surface area contributed by atoms with Crippen molar-refractivity contribution in [3.8, 4) is 17.0 Å². The molecule has 3 aliphatic rings. The Morgan fingerprint density at radius 2 is 1.98 bits per heavy atom. The van der Waals surface area contributed by atoms with E-state index in [1.165, 1.54) is 17.9 Å². The van der Waals surface area contributed by atoms with Crippen molar-refractivity contribution in [1.29, 1.82) is 0 Å². The third kappa shape index (κ3) is 6.17. The Labute approximate surface area is 266 Å². The van der Waals surface area contributed by atoms with Crippen molar-refractivity contribution in [3.63, 3.8) is 0 Å². The molecular formula is C35H36N4O7. The Morgan fingerprint density at radius 1 is 1.17 bits per heavy atom. The largest absolute Gasteiger partial charge is 0.488 e. The van der Waals surface area contributed by atoms with Crippen LogP contribution in [-0.2, 0) is 19.1 Å². The molecule has 2 aliphatic heterocycles. The summed E-state index contributed by atoms with van der Waals surface area (Å²) in [5, 5.41) is 15.9. The third-order valence-electron chi connectivity index (χ3n) is 8.80. The Kier molecular flexibility index (Phi) is 8.48. The van der Waals surface area contributed by atoms with Crippen LogP contribution in [0.3, 0.4) is 0 Å². The van der Waals surface area contributed by atoms with Gasteiger partial charge in [-0.05, 0) is 43.9 Å². The lowest BCUT2D eigenvalue weighted by Crippen LogP contribution is -2.55. The van der Waals surface area contributed by atoms with E-state index >= 15 is 0 Å². The average Bonchev–Trinajstić information content (AvgIpc) is 3.62. The zero-order chi connectivity index (χ0) is 32.4. The molecule has 3 aromatic rings. The fourth-order valence-electron chi connectivity index (χ4n) is 6.16. The van der Waals surface area contributed by atoms with Crippen LogP contribution in [0.1, 0.15) is 38.2 Å². The number of benzene rings is 2. The molecule has 11 heteroatoms. The number of carbonyl (C=O) groups is 4. The first kappa shape index (κ1) is 30.8. The second-order valence-electron chi connectivity index (χ2n) is 12.0. The summed E-state index contributed by atoms with van der Waals surface area (Å²) in [7, 11) is 0. The van der Waals surface area contributed by atoms with E-state index in [0.29, 0.717) is 24.3 Å². The number of aromatic nitrogens is 1. The van der Waals surface area contributed by atoms with Crippen LogP contribution >= 0.6 is 0 Å². The fraction of sp³-hybridized carbons (Fsp3) is 0.343. The molecular weight excluding hydrogens is 588 g/mol. The van der Waals surface area contributed by atoms with Crippen LogP contribution in [0.2, 0.25) is 0 Å². The standard InChI is InChI=1S/C35H36N4O7/c1-3-24-19-35(24,33(42)43)38-31(40)29-17-25-20-39(29)32(41)21(2)36-34(44)45-15-9-5-6-10-22-13-14-27-26(16-22)30(46-25)18-28(37-27)23-11-7-4-8-12-23/h3-4,6-8,10-14,16,18,21,24-25,29H,1,5,9,15,17,19-20H2,2H3,(H,36,44)(H,38,40)(H,42,43)/b10-6+/t21-,24+,25+,29-,35+/m0/s1. The Hall–Kier alpha value is -5.19. The molecule has 5 atom stereocenters. The predicted molar refractivity (Wildman–Crippen MR) is 171 cm³/mol. The first-order valence-corrected chi connectivity index (χ1v) is 15.4. The number of alkyl carbamates (subject to hydrolysis) is 1. The van der Waals surface area contributed by atoms with E-state index in [9.17, 15) is 24.3 Å². The number of carboxylic acids is 1. The zero-order valence-corrected chi connectivity index (χ0v) is 25.5. The molecule has 2 fully saturated rings. The maximum absolute atomic E-state index is 13.7. The molecule has 3 heterocycles. The van der Waals surface area contributed by atoms with Gasteiger partial charge in [-0.2, -0.15) is 0 Å². The summed E-state index contributed by atoms with van der Waals surface area (Å²) >= 11 is 0. The van der Waals surface area contributed by atoms with Crippen molar-refractivity contribution in [2.45, 2.75) is 56.3 Å². The van der Waals surface area contributed by atoms with Gasteiger partial charge in [-0.25, -0.2) is 14.6 Å². The highest BCUT2D eigenvalue weighted by atomic mass is 16.5. The van der Waals surface area contributed by atoms with Crippen molar-refractivity contribution in [2.75, 3.05) is 13.2 Å². The summed E-state index contributed by atoms with van der Waals surface area (Å²) in [6.07, 6.45) is 5.71. The molecule has 238 valence electrons. The van der Waals surface area contributed by atoms with Crippen LogP contribution < -0.4 is 15.4 Å². The van der Waals surface area contributed by atoms with Crippen molar-refractivity contribution in [2.24, 2.45) is 5.92 Å². The lowest BCUT2D eigenvalue weighted by atomic mass is 10.1. The van der Waals surface area contributed by atoms with Crippen LogP contribution in [0.25, 0.3) is 28.2 Å². The summed E-state index contributed by atoms with van der Waals surface area (Å²) in [6.45, 7) is 5.41. The van der Waals surface area contributed by atoms with E-state index in [2.05, 4.69) is 17.2 Å². The van der Waals surface area contributed by atoms with Gasteiger partial charge in [0, 0.05) is 29.4 Å². The van der Waals surface area contributed by atoms with E-state index in [1.807, 2.05) is 66.7 Å². The molecule has 46 heavy (non-hydrogen) atoms. The molecule has 3 N–H and O–H groups in total. The minimum Gasteiger partial charge on any atom is -0.488 e. The predicted octanol–water partition coefficient (Wildman–Crippen LogP) is 4.32. The highest BCUT2D eigenvalue weighted by Crippen LogP contribution is 2.45. The number of nitrogens with one attached hydrogen (secondary N) is 2. The summed E-state index contributed by atoms with van der Waals surface area (Å²) in [5.41, 5.74) is 1.79. The Balaban J connectivity index is 1.38. The molecule has 0 unspecified atom stereocenters. The van der Waals surface area contributed by atoms with Crippen LogP contribution in [-0.4, -0.2) is 75.7 Å². The molecule has 2 aromatic carbocycles. The SMILES string of the molecule is C=C[C@@H]1C[C@]1(NC(=O)[C@@H]1C[C@@H]2CN1C(=O)[C@H](C)NC(=O)OCCC/C=C/c1ccc3nc(-c4ccccc4)cc(c3c1)O2)C(=O)O. The quantitative estimate of drug-likeness (QED) is 0.356.